The predicted molar refractivity (Wildman–Crippen MR) is 129 cm³/mol. The number of aromatic nitrogens is 4. The van der Waals surface area contributed by atoms with Crippen molar-refractivity contribution in [2.75, 3.05) is 19.1 Å². The normalized spacial score (nSPS) is 12.1. The SMILES string of the molecule is COc1ccc(-c2cc(C(=O)N[C@@H](CCSC)c3nc4ccccc4n3C)n(C)n2)cc1. The number of aryl methyl sites for hydroxylation is 2. The van der Waals surface area contributed by atoms with Crippen molar-refractivity contribution in [2.45, 2.75) is 12.5 Å². The van der Waals surface area contributed by atoms with Crippen LogP contribution in [0.2, 0.25) is 0 Å². The number of hydrogen-bond acceptors (Lipinski definition) is 5. The third-order valence-corrected chi connectivity index (χ3v) is 6.19. The summed E-state index contributed by atoms with van der Waals surface area (Å²) in [5, 5.41) is 7.74. The molecule has 7 nitrogen and oxygen atoms in total. The van der Waals surface area contributed by atoms with E-state index in [0.29, 0.717) is 5.69 Å². The Hall–Kier alpha value is -3.26. The van der Waals surface area contributed by atoms with Crippen LogP contribution < -0.4 is 10.1 Å². The number of fused-ring (bicyclic) bond motifs is 1. The number of nitrogens with zero attached hydrogens (tertiary/aromatic N) is 4. The van der Waals surface area contributed by atoms with E-state index in [1.807, 2.05) is 61.6 Å². The Labute approximate surface area is 191 Å². The molecule has 0 unspecified atom stereocenters. The van der Waals surface area contributed by atoms with E-state index in [-0.39, 0.29) is 11.9 Å². The number of rotatable bonds is 8. The van der Waals surface area contributed by atoms with Crippen LogP contribution in [0.5, 0.6) is 5.75 Å². The van der Waals surface area contributed by atoms with E-state index in [1.165, 1.54) is 0 Å². The Kier molecular flexibility index (Phi) is 6.50. The highest BCUT2D eigenvalue weighted by Crippen LogP contribution is 2.25. The highest BCUT2D eigenvalue weighted by molar-refractivity contribution is 7.98. The molecule has 32 heavy (non-hydrogen) atoms. The van der Waals surface area contributed by atoms with Gasteiger partial charge in [0.05, 0.1) is 29.9 Å². The first-order valence-corrected chi connectivity index (χ1v) is 11.8. The molecule has 166 valence electrons. The maximum atomic E-state index is 13.2. The van der Waals surface area contributed by atoms with Crippen LogP contribution in [0.4, 0.5) is 0 Å². The van der Waals surface area contributed by atoms with Gasteiger partial charge in [0.1, 0.15) is 17.3 Å². The third kappa shape index (κ3) is 4.36. The fourth-order valence-electron chi connectivity index (χ4n) is 3.79. The van der Waals surface area contributed by atoms with Crippen LogP contribution in [0.1, 0.15) is 28.8 Å². The van der Waals surface area contributed by atoms with Gasteiger partial charge in [0, 0.05) is 19.7 Å². The monoisotopic (exact) mass is 449 g/mol. The summed E-state index contributed by atoms with van der Waals surface area (Å²) < 4.78 is 8.90. The van der Waals surface area contributed by atoms with Crippen molar-refractivity contribution >= 4 is 28.7 Å². The van der Waals surface area contributed by atoms with E-state index < -0.39 is 0 Å². The quantitative estimate of drug-likeness (QED) is 0.436. The molecule has 0 saturated carbocycles. The zero-order valence-corrected chi connectivity index (χ0v) is 19.5. The lowest BCUT2D eigenvalue weighted by Crippen LogP contribution is -2.32. The molecule has 0 aliphatic rings. The Morgan fingerprint density at radius 1 is 1.16 bits per heavy atom. The van der Waals surface area contributed by atoms with E-state index >= 15 is 0 Å². The molecule has 0 radical (unpaired) electrons. The number of carbonyl (C=O) groups excluding carboxylic acids is 1. The van der Waals surface area contributed by atoms with E-state index in [0.717, 1.165) is 46.0 Å². The molecule has 0 aliphatic carbocycles. The van der Waals surface area contributed by atoms with Crippen LogP contribution in [0.3, 0.4) is 0 Å². The van der Waals surface area contributed by atoms with Crippen LogP contribution in [0, 0.1) is 0 Å². The smallest absolute Gasteiger partial charge is 0.270 e. The van der Waals surface area contributed by atoms with Crippen LogP contribution in [-0.2, 0) is 14.1 Å². The fourth-order valence-corrected chi connectivity index (χ4v) is 4.26. The van der Waals surface area contributed by atoms with Crippen molar-refractivity contribution in [2.24, 2.45) is 14.1 Å². The maximum Gasteiger partial charge on any atom is 0.270 e. The van der Waals surface area contributed by atoms with Crippen molar-refractivity contribution in [1.29, 1.82) is 0 Å². The van der Waals surface area contributed by atoms with Crippen molar-refractivity contribution in [1.82, 2.24) is 24.6 Å². The number of methoxy groups -OCH3 is 1. The van der Waals surface area contributed by atoms with Crippen LogP contribution >= 0.6 is 11.8 Å². The number of thioether (sulfide) groups is 1. The average molecular weight is 450 g/mol. The summed E-state index contributed by atoms with van der Waals surface area (Å²) in [5.74, 6) is 2.38. The fraction of sp³-hybridized carbons (Fsp3) is 0.292. The van der Waals surface area contributed by atoms with Gasteiger partial charge in [-0.25, -0.2) is 4.98 Å². The average Bonchev–Trinajstić information content (AvgIpc) is 3.37. The summed E-state index contributed by atoms with van der Waals surface area (Å²) in [6, 6.07) is 17.3. The molecular formula is C24H27N5O2S. The summed E-state index contributed by atoms with van der Waals surface area (Å²) in [5.41, 5.74) is 4.14. The van der Waals surface area contributed by atoms with Crippen LogP contribution in [0.25, 0.3) is 22.3 Å². The molecule has 2 heterocycles. The highest BCUT2D eigenvalue weighted by Gasteiger charge is 2.23. The first-order valence-electron chi connectivity index (χ1n) is 10.4. The van der Waals surface area contributed by atoms with Crippen molar-refractivity contribution in [3.8, 4) is 17.0 Å². The number of para-hydroxylation sites is 2. The number of imidazole rings is 1. The van der Waals surface area contributed by atoms with E-state index in [2.05, 4.69) is 21.2 Å². The van der Waals surface area contributed by atoms with E-state index in [9.17, 15) is 4.79 Å². The first kappa shape index (κ1) is 22.0. The van der Waals surface area contributed by atoms with Gasteiger partial charge < -0.3 is 14.6 Å². The molecular weight excluding hydrogens is 422 g/mol. The van der Waals surface area contributed by atoms with E-state index in [1.54, 1.807) is 30.6 Å². The lowest BCUT2D eigenvalue weighted by atomic mass is 10.1. The van der Waals surface area contributed by atoms with Crippen LogP contribution in [-0.4, -0.2) is 44.4 Å². The minimum atomic E-state index is -0.202. The predicted octanol–water partition coefficient (Wildman–Crippen LogP) is 4.21. The first-order chi connectivity index (χ1) is 15.5. The molecule has 1 amide bonds. The van der Waals surface area contributed by atoms with Gasteiger partial charge in [0.2, 0.25) is 0 Å². The van der Waals surface area contributed by atoms with Gasteiger partial charge in [0.25, 0.3) is 5.91 Å². The summed E-state index contributed by atoms with van der Waals surface area (Å²) in [6.45, 7) is 0. The number of benzene rings is 2. The van der Waals surface area contributed by atoms with Gasteiger partial charge in [-0.1, -0.05) is 12.1 Å². The minimum absolute atomic E-state index is 0.169. The van der Waals surface area contributed by atoms with Crippen molar-refractivity contribution < 1.29 is 9.53 Å². The minimum Gasteiger partial charge on any atom is -0.497 e. The molecule has 4 rings (SSSR count). The zero-order valence-electron chi connectivity index (χ0n) is 18.7. The standard InChI is InChI=1S/C24H27N5O2S/c1-28-21-8-6-5-7-18(21)25-23(28)19(13-14-32-4)26-24(30)22-15-20(27-29(22)2)16-9-11-17(31-3)12-10-16/h5-12,15,19H,13-14H2,1-4H3,(H,26,30)/t19-/m0/s1. The van der Waals surface area contributed by atoms with Crippen molar-refractivity contribution in [3.63, 3.8) is 0 Å². The summed E-state index contributed by atoms with van der Waals surface area (Å²) in [4.78, 5) is 18.1. The number of carbonyl (C=O) groups is 1. The molecule has 0 aliphatic heterocycles. The Balaban J connectivity index is 1.60. The number of ether oxygens (including phenoxy) is 1. The van der Waals surface area contributed by atoms with Gasteiger partial charge in [-0.2, -0.15) is 16.9 Å². The number of hydrogen-bond donors (Lipinski definition) is 1. The molecule has 0 bridgehead atoms. The lowest BCUT2D eigenvalue weighted by Gasteiger charge is -2.18. The molecule has 0 spiro atoms. The Bertz CT molecular complexity index is 1230. The summed E-state index contributed by atoms with van der Waals surface area (Å²) >= 11 is 1.75. The Morgan fingerprint density at radius 3 is 2.59 bits per heavy atom. The van der Waals surface area contributed by atoms with E-state index in [4.69, 9.17) is 9.72 Å². The largest absolute Gasteiger partial charge is 0.497 e. The van der Waals surface area contributed by atoms with Gasteiger partial charge in [0.15, 0.2) is 0 Å². The molecule has 4 aromatic rings. The second-order valence-corrected chi connectivity index (χ2v) is 8.58. The molecule has 2 aromatic carbocycles. The second kappa shape index (κ2) is 9.48. The van der Waals surface area contributed by atoms with Crippen LogP contribution in [0.15, 0.2) is 54.6 Å². The molecule has 0 saturated heterocycles. The summed E-state index contributed by atoms with van der Waals surface area (Å²) in [6.07, 6.45) is 2.85. The molecule has 2 aromatic heterocycles. The molecule has 1 atom stereocenters. The molecule has 1 N–H and O–H groups in total. The zero-order chi connectivity index (χ0) is 22.7. The summed E-state index contributed by atoms with van der Waals surface area (Å²) in [7, 11) is 5.42. The maximum absolute atomic E-state index is 13.2. The highest BCUT2D eigenvalue weighted by atomic mass is 32.2. The molecule has 8 heteroatoms. The van der Waals surface area contributed by atoms with Gasteiger partial charge >= 0.3 is 0 Å². The third-order valence-electron chi connectivity index (χ3n) is 5.55. The lowest BCUT2D eigenvalue weighted by molar-refractivity contribution is 0.0924. The number of nitrogens with one attached hydrogen (secondary N) is 1. The number of amides is 1. The van der Waals surface area contributed by atoms with Gasteiger partial charge in [-0.3, -0.25) is 9.48 Å². The van der Waals surface area contributed by atoms with Gasteiger partial charge in [-0.05, 0) is 60.9 Å². The molecule has 0 fully saturated rings. The Morgan fingerprint density at radius 2 is 1.91 bits per heavy atom. The van der Waals surface area contributed by atoms with Gasteiger partial charge in [-0.15, -0.1) is 0 Å². The second-order valence-electron chi connectivity index (χ2n) is 7.59. The topological polar surface area (TPSA) is 74.0 Å². The van der Waals surface area contributed by atoms with Crippen molar-refractivity contribution in [3.05, 3.63) is 66.1 Å².